The molecule has 0 aliphatic carbocycles. The molecule has 0 aromatic carbocycles. The number of aromatic nitrogens is 1. The second kappa shape index (κ2) is 5.88. The molecular formula is C15H25N3O. The zero-order chi connectivity index (χ0) is 13.9. The minimum absolute atomic E-state index is 0.163. The van der Waals surface area contributed by atoms with Gasteiger partial charge in [0, 0.05) is 37.3 Å². The molecule has 1 atom stereocenters. The van der Waals surface area contributed by atoms with Crippen LogP contribution in [0.4, 0.5) is 0 Å². The Morgan fingerprint density at radius 1 is 1.47 bits per heavy atom. The summed E-state index contributed by atoms with van der Waals surface area (Å²) in [7, 11) is 1.66. The van der Waals surface area contributed by atoms with Gasteiger partial charge in [0.25, 0.3) is 0 Å². The van der Waals surface area contributed by atoms with Crippen molar-refractivity contribution in [1.82, 2.24) is 15.2 Å². The molecule has 2 heterocycles. The van der Waals surface area contributed by atoms with Gasteiger partial charge in [0.15, 0.2) is 0 Å². The third-order valence-electron chi connectivity index (χ3n) is 3.96. The summed E-state index contributed by atoms with van der Waals surface area (Å²) in [4.78, 5) is 7.03. The molecule has 1 N–H and O–H groups in total. The smallest absolute Gasteiger partial charge is 0.213 e. The fraction of sp³-hybridized carbons (Fsp3) is 0.667. The van der Waals surface area contributed by atoms with Crippen molar-refractivity contribution in [2.24, 2.45) is 0 Å². The molecule has 1 aromatic heterocycles. The quantitative estimate of drug-likeness (QED) is 0.902. The zero-order valence-electron chi connectivity index (χ0n) is 12.4. The van der Waals surface area contributed by atoms with Gasteiger partial charge in [-0.1, -0.05) is 13.0 Å². The first-order chi connectivity index (χ1) is 9.05. The maximum absolute atomic E-state index is 5.20. The summed E-state index contributed by atoms with van der Waals surface area (Å²) >= 11 is 0. The van der Waals surface area contributed by atoms with Crippen LogP contribution in [0.25, 0.3) is 0 Å². The van der Waals surface area contributed by atoms with E-state index >= 15 is 0 Å². The van der Waals surface area contributed by atoms with Gasteiger partial charge in [-0.05, 0) is 26.3 Å². The van der Waals surface area contributed by atoms with Crippen LogP contribution in [0, 0.1) is 0 Å². The lowest BCUT2D eigenvalue weighted by molar-refractivity contribution is 0.0564. The topological polar surface area (TPSA) is 37.4 Å². The molecule has 1 aliphatic heterocycles. The van der Waals surface area contributed by atoms with E-state index in [-0.39, 0.29) is 5.54 Å². The lowest BCUT2D eigenvalue weighted by atomic mass is 9.96. The van der Waals surface area contributed by atoms with E-state index in [9.17, 15) is 0 Å². The molecule has 1 fully saturated rings. The Bertz CT molecular complexity index is 420. The van der Waals surface area contributed by atoms with Crippen molar-refractivity contribution in [2.75, 3.05) is 20.2 Å². The van der Waals surface area contributed by atoms with E-state index in [1.54, 1.807) is 7.11 Å². The second-order valence-corrected chi connectivity index (χ2v) is 5.85. The molecule has 0 amide bonds. The summed E-state index contributed by atoms with van der Waals surface area (Å²) in [6.07, 6.45) is 1.16. The van der Waals surface area contributed by atoms with E-state index in [1.165, 1.54) is 0 Å². The van der Waals surface area contributed by atoms with Crippen LogP contribution >= 0.6 is 0 Å². The first-order valence-corrected chi connectivity index (χ1v) is 7.03. The van der Waals surface area contributed by atoms with Crippen LogP contribution in [0.1, 0.15) is 32.9 Å². The third kappa shape index (κ3) is 3.45. The fourth-order valence-electron chi connectivity index (χ4n) is 2.49. The number of ether oxygens (including phenoxy) is 1. The van der Waals surface area contributed by atoms with Crippen LogP contribution in [0.2, 0.25) is 0 Å². The maximum atomic E-state index is 5.20. The summed E-state index contributed by atoms with van der Waals surface area (Å²) in [5.41, 5.74) is 1.24. The molecule has 0 radical (unpaired) electrons. The van der Waals surface area contributed by atoms with Gasteiger partial charge in [-0.3, -0.25) is 4.90 Å². The highest BCUT2D eigenvalue weighted by molar-refractivity contribution is 5.16. The monoisotopic (exact) mass is 263 g/mol. The minimum atomic E-state index is 0.163. The molecule has 0 bridgehead atoms. The summed E-state index contributed by atoms with van der Waals surface area (Å²) in [5.74, 6) is 0.692. The van der Waals surface area contributed by atoms with Crippen LogP contribution in [-0.2, 0) is 6.54 Å². The van der Waals surface area contributed by atoms with Crippen molar-refractivity contribution >= 4 is 0 Å². The maximum Gasteiger partial charge on any atom is 0.213 e. The number of methoxy groups -OCH3 is 1. The molecule has 1 aromatic rings. The van der Waals surface area contributed by atoms with Crippen LogP contribution in [-0.4, -0.2) is 41.7 Å². The zero-order valence-corrected chi connectivity index (χ0v) is 12.4. The van der Waals surface area contributed by atoms with Crippen molar-refractivity contribution in [1.29, 1.82) is 0 Å². The predicted molar refractivity (Wildman–Crippen MR) is 77.4 cm³/mol. The summed E-state index contributed by atoms with van der Waals surface area (Å²) < 4.78 is 5.20. The van der Waals surface area contributed by atoms with E-state index in [0.717, 1.165) is 31.7 Å². The molecule has 1 unspecified atom stereocenters. The predicted octanol–water partition coefficient (Wildman–Crippen LogP) is 2.05. The summed E-state index contributed by atoms with van der Waals surface area (Å²) in [6, 6.07) is 6.55. The highest BCUT2D eigenvalue weighted by atomic mass is 16.5. The van der Waals surface area contributed by atoms with Crippen molar-refractivity contribution in [3.63, 3.8) is 0 Å². The lowest BCUT2D eigenvalue weighted by Crippen LogP contribution is -2.61. The van der Waals surface area contributed by atoms with E-state index in [1.807, 2.05) is 12.1 Å². The number of nitrogens with zero attached hydrogens (tertiary/aromatic N) is 2. The Morgan fingerprint density at radius 2 is 2.26 bits per heavy atom. The largest absolute Gasteiger partial charge is 0.481 e. The van der Waals surface area contributed by atoms with Crippen LogP contribution in [0.5, 0.6) is 5.88 Å². The molecule has 2 rings (SSSR count). The van der Waals surface area contributed by atoms with Crippen molar-refractivity contribution in [3.8, 4) is 5.88 Å². The number of hydrogen-bond donors (Lipinski definition) is 1. The van der Waals surface area contributed by atoms with Gasteiger partial charge in [0.2, 0.25) is 5.88 Å². The standard InChI is InChI=1S/C15H25N3O/c1-5-12-9-18(15(2,3)11-16-12)10-13-7-6-8-14(17-13)19-4/h6-8,12,16H,5,9-11H2,1-4H3. The number of pyridine rings is 1. The number of hydrogen-bond acceptors (Lipinski definition) is 4. The Kier molecular flexibility index (Phi) is 4.42. The fourth-order valence-corrected chi connectivity index (χ4v) is 2.49. The molecule has 4 heteroatoms. The Hall–Kier alpha value is -1.13. The SMILES string of the molecule is CCC1CN(Cc2cccc(OC)n2)C(C)(C)CN1. The van der Waals surface area contributed by atoms with Gasteiger partial charge >= 0.3 is 0 Å². The van der Waals surface area contributed by atoms with Crippen molar-refractivity contribution < 1.29 is 4.74 Å². The number of nitrogens with one attached hydrogen (secondary N) is 1. The summed E-state index contributed by atoms with van der Waals surface area (Å²) in [6.45, 7) is 9.77. The van der Waals surface area contributed by atoms with E-state index < -0.39 is 0 Å². The molecule has 4 nitrogen and oxygen atoms in total. The van der Waals surface area contributed by atoms with E-state index in [2.05, 4.69) is 42.0 Å². The second-order valence-electron chi connectivity index (χ2n) is 5.85. The van der Waals surface area contributed by atoms with Gasteiger partial charge in [-0.2, -0.15) is 0 Å². The van der Waals surface area contributed by atoms with E-state index in [0.29, 0.717) is 11.9 Å². The molecule has 19 heavy (non-hydrogen) atoms. The van der Waals surface area contributed by atoms with Gasteiger partial charge < -0.3 is 10.1 Å². The number of rotatable bonds is 4. The average molecular weight is 263 g/mol. The Labute approximate surface area is 116 Å². The highest BCUT2D eigenvalue weighted by Crippen LogP contribution is 2.22. The first kappa shape index (κ1) is 14.3. The molecular weight excluding hydrogens is 238 g/mol. The molecule has 1 saturated heterocycles. The normalized spacial score (nSPS) is 23.3. The van der Waals surface area contributed by atoms with Crippen LogP contribution in [0.15, 0.2) is 18.2 Å². The molecule has 1 aliphatic rings. The van der Waals surface area contributed by atoms with Crippen LogP contribution < -0.4 is 10.1 Å². The third-order valence-corrected chi connectivity index (χ3v) is 3.96. The first-order valence-electron chi connectivity index (χ1n) is 7.03. The van der Waals surface area contributed by atoms with Crippen molar-refractivity contribution in [2.45, 2.75) is 45.3 Å². The van der Waals surface area contributed by atoms with Gasteiger partial charge in [-0.15, -0.1) is 0 Å². The van der Waals surface area contributed by atoms with Gasteiger partial charge in [-0.25, -0.2) is 4.98 Å². The molecule has 0 saturated carbocycles. The molecule has 0 spiro atoms. The summed E-state index contributed by atoms with van der Waals surface area (Å²) in [5, 5.41) is 3.61. The van der Waals surface area contributed by atoms with E-state index in [4.69, 9.17) is 4.74 Å². The average Bonchev–Trinajstić information content (AvgIpc) is 2.41. The van der Waals surface area contributed by atoms with Crippen LogP contribution in [0.3, 0.4) is 0 Å². The van der Waals surface area contributed by atoms with Crippen molar-refractivity contribution in [3.05, 3.63) is 23.9 Å². The minimum Gasteiger partial charge on any atom is -0.481 e. The lowest BCUT2D eigenvalue weighted by Gasteiger charge is -2.46. The molecule has 106 valence electrons. The number of piperazine rings is 1. The van der Waals surface area contributed by atoms with Gasteiger partial charge in [0.05, 0.1) is 12.8 Å². The van der Waals surface area contributed by atoms with Gasteiger partial charge in [0.1, 0.15) is 0 Å². The Balaban J connectivity index is 2.10. The Morgan fingerprint density at radius 3 is 2.95 bits per heavy atom. The highest BCUT2D eigenvalue weighted by Gasteiger charge is 2.33.